The molecule has 1 aliphatic rings. The maximum absolute atomic E-state index is 5.49. The summed E-state index contributed by atoms with van der Waals surface area (Å²) in [5, 5.41) is 3.59. The first-order valence-electron chi connectivity index (χ1n) is 9.09. The molecule has 0 aromatic heterocycles. The van der Waals surface area contributed by atoms with E-state index in [2.05, 4.69) is 54.7 Å². The van der Waals surface area contributed by atoms with Crippen LogP contribution in [0.4, 0.5) is 0 Å². The minimum atomic E-state index is 0.255. The topological polar surface area (TPSA) is 39.7 Å². The molecule has 1 heterocycles. The minimum Gasteiger partial charge on any atom is -0.497 e. The number of rotatable bonds is 6. The van der Waals surface area contributed by atoms with Crippen molar-refractivity contribution in [2.75, 3.05) is 13.9 Å². The highest BCUT2D eigenvalue weighted by Gasteiger charge is 2.14. The third kappa shape index (κ3) is 3.91. The van der Waals surface area contributed by atoms with E-state index in [0.29, 0.717) is 6.79 Å². The summed E-state index contributed by atoms with van der Waals surface area (Å²) in [7, 11) is 1.68. The molecule has 4 rings (SSSR count). The van der Waals surface area contributed by atoms with Crippen molar-refractivity contribution in [1.29, 1.82) is 0 Å². The van der Waals surface area contributed by atoms with Crippen LogP contribution in [0.15, 0.2) is 66.7 Å². The van der Waals surface area contributed by atoms with Crippen molar-refractivity contribution in [2.24, 2.45) is 0 Å². The molecule has 3 aromatic rings. The van der Waals surface area contributed by atoms with Gasteiger partial charge in [-0.3, -0.25) is 0 Å². The number of hydrogen-bond donors (Lipinski definition) is 1. The average Bonchev–Trinajstić information content (AvgIpc) is 3.20. The molecule has 0 amide bonds. The third-order valence-electron chi connectivity index (χ3n) is 4.86. The molecule has 0 saturated carbocycles. The highest BCUT2D eigenvalue weighted by atomic mass is 16.7. The Bertz CT molecular complexity index is 921. The minimum absolute atomic E-state index is 0.255. The molecule has 27 heavy (non-hydrogen) atoms. The summed E-state index contributed by atoms with van der Waals surface area (Å²) in [6.07, 6.45) is 0. The second-order valence-electron chi connectivity index (χ2n) is 6.64. The summed E-state index contributed by atoms with van der Waals surface area (Å²) in [6.45, 7) is 3.26. The Morgan fingerprint density at radius 2 is 1.70 bits per heavy atom. The summed E-state index contributed by atoms with van der Waals surface area (Å²) in [5.74, 6) is 2.50. The summed E-state index contributed by atoms with van der Waals surface area (Å²) in [4.78, 5) is 0. The Kier molecular flexibility index (Phi) is 4.99. The van der Waals surface area contributed by atoms with Gasteiger partial charge < -0.3 is 19.5 Å². The molecule has 3 aromatic carbocycles. The van der Waals surface area contributed by atoms with Crippen LogP contribution in [0.5, 0.6) is 17.2 Å². The smallest absolute Gasteiger partial charge is 0.231 e. The molecule has 0 aliphatic carbocycles. The zero-order valence-electron chi connectivity index (χ0n) is 15.6. The second kappa shape index (κ2) is 7.72. The lowest BCUT2D eigenvalue weighted by atomic mass is 10.0. The monoisotopic (exact) mass is 361 g/mol. The van der Waals surface area contributed by atoms with Gasteiger partial charge in [-0.25, -0.2) is 0 Å². The molecule has 0 bridgehead atoms. The quantitative estimate of drug-likeness (QED) is 0.675. The molecule has 1 N–H and O–H groups in total. The van der Waals surface area contributed by atoms with Crippen molar-refractivity contribution in [1.82, 2.24) is 5.32 Å². The summed E-state index contributed by atoms with van der Waals surface area (Å²) in [5.41, 5.74) is 4.78. The SMILES string of the molecule is COc1ccc(C(C)NCc2cccc(-c3ccc4c(c3)OCO4)c2)cc1. The van der Waals surface area contributed by atoms with E-state index in [1.54, 1.807) is 7.11 Å². The summed E-state index contributed by atoms with van der Waals surface area (Å²) >= 11 is 0. The zero-order valence-corrected chi connectivity index (χ0v) is 15.6. The summed E-state index contributed by atoms with van der Waals surface area (Å²) in [6, 6.07) is 23.1. The molecule has 0 fully saturated rings. The predicted octanol–water partition coefficient (Wildman–Crippen LogP) is 4.94. The summed E-state index contributed by atoms with van der Waals surface area (Å²) < 4.78 is 16.1. The average molecular weight is 361 g/mol. The largest absolute Gasteiger partial charge is 0.497 e. The van der Waals surface area contributed by atoms with Crippen LogP contribution in [0.3, 0.4) is 0 Å². The van der Waals surface area contributed by atoms with Crippen molar-refractivity contribution < 1.29 is 14.2 Å². The Labute approximate surface area is 159 Å². The molecule has 4 nitrogen and oxygen atoms in total. The standard InChI is InChI=1S/C23H23NO3/c1-16(18-6-9-21(25-2)10-7-18)24-14-17-4-3-5-19(12-17)20-8-11-22-23(13-20)27-15-26-22/h3-13,16,24H,14-15H2,1-2H3. The molecule has 4 heteroatoms. The van der Waals surface area contributed by atoms with E-state index >= 15 is 0 Å². The van der Waals surface area contributed by atoms with E-state index in [9.17, 15) is 0 Å². The van der Waals surface area contributed by atoms with Crippen LogP contribution in [0, 0.1) is 0 Å². The number of nitrogens with one attached hydrogen (secondary N) is 1. The van der Waals surface area contributed by atoms with Gasteiger partial charge in [-0.1, -0.05) is 36.4 Å². The van der Waals surface area contributed by atoms with Gasteiger partial charge in [0.15, 0.2) is 11.5 Å². The highest BCUT2D eigenvalue weighted by molar-refractivity contribution is 5.68. The molecule has 1 unspecified atom stereocenters. The van der Waals surface area contributed by atoms with Crippen molar-refractivity contribution >= 4 is 0 Å². The van der Waals surface area contributed by atoms with Gasteiger partial charge in [0.05, 0.1) is 7.11 Å². The van der Waals surface area contributed by atoms with Crippen LogP contribution < -0.4 is 19.5 Å². The van der Waals surface area contributed by atoms with Crippen molar-refractivity contribution in [3.8, 4) is 28.4 Å². The Balaban J connectivity index is 1.44. The van der Waals surface area contributed by atoms with E-state index in [0.717, 1.165) is 29.4 Å². The number of benzene rings is 3. The van der Waals surface area contributed by atoms with Crippen LogP contribution in [0.25, 0.3) is 11.1 Å². The maximum atomic E-state index is 5.49. The van der Waals surface area contributed by atoms with Gasteiger partial charge in [0.1, 0.15) is 5.75 Å². The van der Waals surface area contributed by atoms with Gasteiger partial charge in [-0.2, -0.15) is 0 Å². The van der Waals surface area contributed by atoms with Crippen LogP contribution in [0.1, 0.15) is 24.1 Å². The van der Waals surface area contributed by atoms with Gasteiger partial charge in [0.25, 0.3) is 0 Å². The van der Waals surface area contributed by atoms with Crippen molar-refractivity contribution in [2.45, 2.75) is 19.5 Å². The lowest BCUT2D eigenvalue weighted by molar-refractivity contribution is 0.174. The number of fused-ring (bicyclic) bond motifs is 1. The molecule has 0 radical (unpaired) electrons. The zero-order chi connectivity index (χ0) is 18.6. The van der Waals surface area contributed by atoms with Crippen LogP contribution >= 0.6 is 0 Å². The fraction of sp³-hybridized carbons (Fsp3) is 0.217. The van der Waals surface area contributed by atoms with Crippen LogP contribution in [-0.2, 0) is 6.54 Å². The van der Waals surface area contributed by atoms with Gasteiger partial charge in [0.2, 0.25) is 6.79 Å². The normalized spacial score (nSPS) is 13.4. The number of methoxy groups -OCH3 is 1. The molecular weight excluding hydrogens is 338 g/mol. The lowest BCUT2D eigenvalue weighted by Crippen LogP contribution is -2.18. The lowest BCUT2D eigenvalue weighted by Gasteiger charge is -2.15. The Morgan fingerprint density at radius 3 is 2.52 bits per heavy atom. The Hall–Kier alpha value is -2.98. The van der Waals surface area contributed by atoms with Gasteiger partial charge in [-0.05, 0) is 59.5 Å². The van der Waals surface area contributed by atoms with E-state index < -0.39 is 0 Å². The first-order chi connectivity index (χ1) is 13.2. The Morgan fingerprint density at radius 1 is 0.926 bits per heavy atom. The first kappa shape index (κ1) is 17.4. The predicted molar refractivity (Wildman–Crippen MR) is 106 cm³/mol. The van der Waals surface area contributed by atoms with Crippen molar-refractivity contribution in [3.05, 3.63) is 77.9 Å². The molecule has 0 spiro atoms. The second-order valence-corrected chi connectivity index (χ2v) is 6.64. The van der Waals surface area contributed by atoms with Crippen LogP contribution in [-0.4, -0.2) is 13.9 Å². The van der Waals surface area contributed by atoms with E-state index in [-0.39, 0.29) is 6.04 Å². The highest BCUT2D eigenvalue weighted by Crippen LogP contribution is 2.36. The van der Waals surface area contributed by atoms with Crippen molar-refractivity contribution in [3.63, 3.8) is 0 Å². The van der Waals surface area contributed by atoms with E-state index in [1.165, 1.54) is 16.7 Å². The fourth-order valence-corrected chi connectivity index (χ4v) is 3.22. The van der Waals surface area contributed by atoms with E-state index in [1.807, 2.05) is 24.3 Å². The number of ether oxygens (including phenoxy) is 3. The molecular formula is C23H23NO3. The molecule has 0 saturated heterocycles. The van der Waals surface area contributed by atoms with Gasteiger partial charge in [-0.15, -0.1) is 0 Å². The molecule has 1 atom stereocenters. The van der Waals surface area contributed by atoms with Gasteiger partial charge in [0, 0.05) is 12.6 Å². The fourth-order valence-electron chi connectivity index (χ4n) is 3.22. The van der Waals surface area contributed by atoms with Gasteiger partial charge >= 0.3 is 0 Å². The van der Waals surface area contributed by atoms with Crippen LogP contribution in [0.2, 0.25) is 0 Å². The maximum Gasteiger partial charge on any atom is 0.231 e. The van der Waals surface area contributed by atoms with E-state index in [4.69, 9.17) is 14.2 Å². The first-order valence-corrected chi connectivity index (χ1v) is 9.09. The molecule has 138 valence electrons. The molecule has 1 aliphatic heterocycles. The third-order valence-corrected chi connectivity index (χ3v) is 4.86. The number of hydrogen-bond acceptors (Lipinski definition) is 4.